The molecule has 28 heavy (non-hydrogen) atoms. The summed E-state index contributed by atoms with van der Waals surface area (Å²) >= 11 is 0. The zero-order chi connectivity index (χ0) is 20.0. The minimum absolute atomic E-state index is 0.320. The van der Waals surface area contributed by atoms with Crippen molar-refractivity contribution in [3.05, 3.63) is 50.9 Å². The van der Waals surface area contributed by atoms with Crippen LogP contribution >= 0.6 is 0 Å². The summed E-state index contributed by atoms with van der Waals surface area (Å²) in [6.07, 6.45) is 0. The molecule has 1 aromatic carbocycles. The zero-order valence-electron chi connectivity index (χ0n) is 15.8. The van der Waals surface area contributed by atoms with Gasteiger partial charge in [-0.1, -0.05) is 12.1 Å². The van der Waals surface area contributed by atoms with Crippen molar-refractivity contribution < 1.29 is 4.39 Å². The molecule has 3 aromatic rings. The number of halogens is 1. The molecule has 0 amide bonds. The van der Waals surface area contributed by atoms with Crippen molar-refractivity contribution in [1.82, 2.24) is 18.7 Å². The van der Waals surface area contributed by atoms with Crippen molar-refractivity contribution in [2.45, 2.75) is 13.5 Å². The molecule has 4 rings (SSSR count). The van der Waals surface area contributed by atoms with Crippen LogP contribution in [0.1, 0.15) is 6.92 Å². The van der Waals surface area contributed by atoms with Gasteiger partial charge in [0.15, 0.2) is 11.2 Å². The largest absolute Gasteiger partial charge is 0.381 e. The van der Waals surface area contributed by atoms with Crippen LogP contribution in [0.15, 0.2) is 39.0 Å². The number of imidazole rings is 1. The molecule has 0 bridgehead atoms. The Labute approximate surface area is 159 Å². The molecule has 3 heterocycles. The molecule has 1 aliphatic heterocycles. The van der Waals surface area contributed by atoms with Crippen LogP contribution in [-0.2, 0) is 20.6 Å². The highest BCUT2D eigenvalue weighted by Crippen LogP contribution is 2.23. The van der Waals surface area contributed by atoms with Gasteiger partial charge in [0.1, 0.15) is 5.82 Å². The van der Waals surface area contributed by atoms with E-state index in [9.17, 15) is 14.0 Å². The first-order valence-corrected chi connectivity index (χ1v) is 8.84. The van der Waals surface area contributed by atoms with Gasteiger partial charge in [-0.15, -0.1) is 0 Å². The van der Waals surface area contributed by atoms with Crippen LogP contribution in [0.5, 0.6) is 0 Å². The van der Waals surface area contributed by atoms with Gasteiger partial charge in [0.2, 0.25) is 5.95 Å². The summed E-state index contributed by atoms with van der Waals surface area (Å²) < 4.78 is 18.0. The van der Waals surface area contributed by atoms with E-state index in [4.69, 9.17) is 0 Å². The Morgan fingerprint density at radius 1 is 1.18 bits per heavy atom. The second-order valence-corrected chi connectivity index (χ2v) is 6.74. The maximum Gasteiger partial charge on any atom is 0.332 e. The zero-order valence-corrected chi connectivity index (χ0v) is 15.8. The molecular weight excluding hydrogens is 365 g/mol. The van der Waals surface area contributed by atoms with E-state index in [1.807, 2.05) is 6.92 Å². The number of aryl methyl sites for hydroxylation is 1. The molecule has 0 spiro atoms. The van der Waals surface area contributed by atoms with Crippen LogP contribution in [-0.4, -0.2) is 37.5 Å². The summed E-state index contributed by atoms with van der Waals surface area (Å²) in [5.41, 5.74) is 1.06. The number of nitrogens with one attached hydrogen (secondary N) is 1. The van der Waals surface area contributed by atoms with E-state index < -0.39 is 11.2 Å². The molecule has 2 aromatic heterocycles. The smallest absolute Gasteiger partial charge is 0.332 e. The lowest BCUT2D eigenvalue weighted by Gasteiger charge is -2.25. The first-order chi connectivity index (χ1) is 13.4. The summed E-state index contributed by atoms with van der Waals surface area (Å²) in [6, 6.07) is 6.44. The van der Waals surface area contributed by atoms with Crippen LogP contribution in [0.3, 0.4) is 0 Å². The second-order valence-electron chi connectivity index (χ2n) is 6.74. The van der Waals surface area contributed by atoms with E-state index in [2.05, 4.69) is 15.4 Å². The Morgan fingerprint density at radius 3 is 2.68 bits per heavy atom. The van der Waals surface area contributed by atoms with Gasteiger partial charge in [0, 0.05) is 20.6 Å². The summed E-state index contributed by atoms with van der Waals surface area (Å²) in [5.74, 6) is 0.154. The Bertz CT molecular complexity index is 1220. The number of para-hydroxylation sites is 1. The fourth-order valence-electron chi connectivity index (χ4n) is 3.34. The van der Waals surface area contributed by atoms with E-state index in [1.165, 1.54) is 17.7 Å². The maximum atomic E-state index is 13.8. The number of hydrogen-bond acceptors (Lipinski definition) is 6. The van der Waals surface area contributed by atoms with E-state index in [1.54, 1.807) is 34.8 Å². The second kappa shape index (κ2) is 6.63. The lowest BCUT2D eigenvalue weighted by molar-refractivity contribution is 0.629. The lowest BCUT2D eigenvalue weighted by atomic mass is 10.3. The van der Waals surface area contributed by atoms with Crippen LogP contribution in [0, 0.1) is 5.82 Å². The van der Waals surface area contributed by atoms with Crippen molar-refractivity contribution >= 4 is 28.5 Å². The Hall–Kier alpha value is -3.43. The molecule has 0 radical (unpaired) electrons. The van der Waals surface area contributed by atoms with Gasteiger partial charge in [0.25, 0.3) is 5.56 Å². The van der Waals surface area contributed by atoms with Crippen LogP contribution in [0.4, 0.5) is 16.0 Å². The van der Waals surface area contributed by atoms with Crippen molar-refractivity contribution in [2.75, 3.05) is 23.4 Å². The minimum atomic E-state index is -0.432. The van der Waals surface area contributed by atoms with Crippen molar-refractivity contribution in [1.29, 1.82) is 0 Å². The van der Waals surface area contributed by atoms with Gasteiger partial charge in [-0.25, -0.2) is 14.2 Å². The number of hydrazone groups is 1. The van der Waals surface area contributed by atoms with E-state index in [0.29, 0.717) is 42.4 Å². The highest BCUT2D eigenvalue weighted by Gasteiger charge is 2.25. The fourth-order valence-corrected chi connectivity index (χ4v) is 3.34. The van der Waals surface area contributed by atoms with Crippen molar-refractivity contribution in [2.24, 2.45) is 19.2 Å². The van der Waals surface area contributed by atoms with Crippen LogP contribution < -0.4 is 21.6 Å². The Balaban J connectivity index is 1.70. The number of benzene rings is 1. The molecule has 10 heteroatoms. The number of anilines is 2. The topological polar surface area (TPSA) is 89.5 Å². The Morgan fingerprint density at radius 2 is 1.93 bits per heavy atom. The van der Waals surface area contributed by atoms with E-state index >= 15 is 0 Å². The van der Waals surface area contributed by atoms with Crippen molar-refractivity contribution in [3.63, 3.8) is 0 Å². The molecular formula is C18H20FN7O2. The maximum absolute atomic E-state index is 13.8. The van der Waals surface area contributed by atoms with Gasteiger partial charge < -0.3 is 5.32 Å². The average molecular weight is 385 g/mol. The molecule has 0 aliphatic carbocycles. The van der Waals surface area contributed by atoms with Crippen LogP contribution in [0.25, 0.3) is 11.2 Å². The third kappa shape index (κ3) is 2.77. The molecule has 0 atom stereocenters. The van der Waals surface area contributed by atoms with Crippen molar-refractivity contribution in [3.8, 4) is 0 Å². The van der Waals surface area contributed by atoms with Gasteiger partial charge in [-0.2, -0.15) is 10.1 Å². The van der Waals surface area contributed by atoms with E-state index in [0.717, 1.165) is 10.3 Å². The first kappa shape index (κ1) is 18.0. The molecule has 0 unspecified atom stereocenters. The van der Waals surface area contributed by atoms with Crippen LogP contribution in [0.2, 0.25) is 0 Å². The molecule has 9 nitrogen and oxygen atoms in total. The van der Waals surface area contributed by atoms with E-state index in [-0.39, 0.29) is 5.82 Å². The summed E-state index contributed by atoms with van der Waals surface area (Å²) in [7, 11) is 3.03. The van der Waals surface area contributed by atoms with Gasteiger partial charge in [0.05, 0.1) is 24.5 Å². The fraction of sp³-hybridized carbons (Fsp3) is 0.333. The standard InChI is InChI=1S/C18H20FN7O2/c1-11-10-25-14-15(23(2)18(28)24(3)16(14)27)21-17(25)26(22-11)9-8-20-13-7-5-4-6-12(13)19/h4-7,20H,8-10H2,1-3H3. The summed E-state index contributed by atoms with van der Waals surface area (Å²) in [6.45, 7) is 3.09. The minimum Gasteiger partial charge on any atom is -0.381 e. The van der Waals surface area contributed by atoms with Gasteiger partial charge >= 0.3 is 5.69 Å². The normalized spacial score (nSPS) is 13.6. The molecule has 146 valence electrons. The predicted molar refractivity (Wildman–Crippen MR) is 106 cm³/mol. The molecule has 1 aliphatic rings. The molecule has 0 saturated carbocycles. The van der Waals surface area contributed by atoms with Gasteiger partial charge in [-0.05, 0) is 19.1 Å². The molecule has 0 saturated heterocycles. The number of aromatic nitrogens is 4. The molecule has 1 N–H and O–H groups in total. The molecule has 0 fully saturated rings. The number of fused-ring (bicyclic) bond motifs is 3. The predicted octanol–water partition coefficient (Wildman–Crippen LogP) is 0.881. The van der Waals surface area contributed by atoms with Gasteiger partial charge in [-0.3, -0.25) is 18.5 Å². The quantitative estimate of drug-likeness (QED) is 0.720. The first-order valence-electron chi connectivity index (χ1n) is 8.84. The Kier molecular flexibility index (Phi) is 4.25. The lowest BCUT2D eigenvalue weighted by Crippen LogP contribution is -2.38. The summed E-state index contributed by atoms with van der Waals surface area (Å²) in [5, 5.41) is 9.21. The third-order valence-electron chi connectivity index (χ3n) is 4.75. The monoisotopic (exact) mass is 385 g/mol. The number of nitrogens with zero attached hydrogens (tertiary/aromatic N) is 6. The number of hydrogen-bond donors (Lipinski definition) is 1. The highest BCUT2D eigenvalue weighted by atomic mass is 19.1. The number of rotatable bonds is 4. The summed E-state index contributed by atoms with van der Waals surface area (Å²) in [4.78, 5) is 29.4. The third-order valence-corrected chi connectivity index (χ3v) is 4.75. The average Bonchev–Trinajstić information content (AvgIpc) is 3.05. The highest BCUT2D eigenvalue weighted by molar-refractivity contribution is 5.87. The SMILES string of the molecule is CC1=NN(CCNc2ccccc2F)c2nc3c(c(=O)n(C)c(=O)n3C)n2C1.